The highest BCUT2D eigenvalue weighted by Gasteiger charge is 2.40. The lowest BCUT2D eigenvalue weighted by atomic mass is 9.76. The molecule has 0 heterocycles. The van der Waals surface area contributed by atoms with Gasteiger partial charge in [-0.05, 0) is 33.1 Å². The second-order valence-corrected chi connectivity index (χ2v) is 12.7. The van der Waals surface area contributed by atoms with Crippen LogP contribution in [0.2, 0.25) is 0 Å². The van der Waals surface area contributed by atoms with Gasteiger partial charge in [-0.2, -0.15) is 4.72 Å². The molecule has 0 aliphatic carbocycles. The monoisotopic (exact) mass is 508 g/mol. The second kappa shape index (κ2) is 10.4. The molecule has 0 bridgehead atoms. The molecule has 6 nitrogen and oxygen atoms in total. The number of hydrogen-bond acceptors (Lipinski definition) is 4. The molecule has 3 rings (SSSR count). The molecule has 0 spiro atoms. The number of carbonyl (C=O) groups is 1. The van der Waals surface area contributed by atoms with Crippen LogP contribution in [-0.4, -0.2) is 14.5 Å². The Labute approximate surface area is 214 Å². The summed E-state index contributed by atoms with van der Waals surface area (Å²) in [6.07, 6.45) is -1.16. The van der Waals surface area contributed by atoms with Crippen LogP contribution in [0, 0.1) is 0 Å². The molecule has 0 aromatic heterocycles. The van der Waals surface area contributed by atoms with Gasteiger partial charge in [-0.3, -0.25) is 0 Å². The first-order valence-electron chi connectivity index (χ1n) is 11.9. The highest BCUT2D eigenvalue weighted by atomic mass is 32.2. The Morgan fingerprint density at radius 3 is 1.53 bits per heavy atom. The zero-order chi connectivity index (χ0) is 26.7. The van der Waals surface area contributed by atoms with E-state index < -0.39 is 38.4 Å². The Balaban J connectivity index is 2.24. The number of ether oxygens (including phenoxy) is 1. The molecule has 1 atom stereocenters. The van der Waals surface area contributed by atoms with Crippen LogP contribution >= 0.6 is 0 Å². The Morgan fingerprint density at radius 2 is 1.17 bits per heavy atom. The fourth-order valence-electron chi connectivity index (χ4n) is 4.36. The van der Waals surface area contributed by atoms with Crippen molar-refractivity contribution < 1.29 is 17.9 Å². The van der Waals surface area contributed by atoms with Gasteiger partial charge in [0, 0.05) is 5.56 Å². The van der Waals surface area contributed by atoms with Crippen molar-refractivity contribution >= 4 is 16.1 Å². The van der Waals surface area contributed by atoms with Crippen LogP contribution in [0.4, 0.5) is 4.79 Å². The predicted molar refractivity (Wildman–Crippen MR) is 144 cm³/mol. The Bertz CT molecular complexity index is 1220. The summed E-state index contributed by atoms with van der Waals surface area (Å²) in [6.45, 7) is 12.0. The van der Waals surface area contributed by atoms with Gasteiger partial charge in [0.2, 0.25) is 5.44 Å². The first kappa shape index (κ1) is 27.4. The van der Waals surface area contributed by atoms with Gasteiger partial charge in [0.05, 0.1) is 6.04 Å². The third kappa shape index (κ3) is 6.33. The van der Waals surface area contributed by atoms with Crippen LogP contribution < -0.4 is 10.5 Å². The number of sulfonamides is 1. The molecule has 0 saturated carbocycles. The van der Waals surface area contributed by atoms with Gasteiger partial charge < -0.3 is 10.5 Å². The number of nitrogens with two attached hydrogens (primary N) is 1. The summed E-state index contributed by atoms with van der Waals surface area (Å²) < 4.78 is 36.5. The summed E-state index contributed by atoms with van der Waals surface area (Å²) in [5.74, 6) is 0. The van der Waals surface area contributed by atoms with Crippen LogP contribution in [0.1, 0.15) is 80.8 Å². The molecular formula is C29H36N2O4S. The normalized spacial score (nSPS) is 13.4. The smallest absolute Gasteiger partial charge is 0.406 e. The van der Waals surface area contributed by atoms with Gasteiger partial charge in [0.1, 0.15) is 0 Å². The first-order chi connectivity index (χ1) is 16.7. The quantitative estimate of drug-likeness (QED) is 0.404. The minimum atomic E-state index is -4.30. The highest BCUT2D eigenvalue weighted by Crippen LogP contribution is 2.41. The first-order valence-corrected chi connectivity index (χ1v) is 13.5. The van der Waals surface area contributed by atoms with Crippen LogP contribution in [0.5, 0.6) is 0 Å². The van der Waals surface area contributed by atoms with Crippen LogP contribution in [0.15, 0.2) is 78.9 Å². The topological polar surface area (TPSA) is 98.5 Å². The molecule has 3 aromatic carbocycles. The minimum absolute atomic E-state index is 0.427. The zero-order valence-corrected chi connectivity index (χ0v) is 22.6. The summed E-state index contributed by atoms with van der Waals surface area (Å²) in [4.78, 5) is 12.1. The molecule has 0 aliphatic rings. The van der Waals surface area contributed by atoms with Crippen LogP contribution in [0.25, 0.3) is 0 Å². The summed E-state index contributed by atoms with van der Waals surface area (Å²) in [5, 5.41) is 0. The molecule has 3 N–H and O–H groups in total. The number of rotatable bonds is 7. The number of primary amides is 1. The van der Waals surface area contributed by atoms with Gasteiger partial charge in [0.15, 0.2) is 0 Å². The fraction of sp³-hybridized carbons (Fsp3) is 0.345. The van der Waals surface area contributed by atoms with E-state index in [-0.39, 0.29) is 0 Å². The molecule has 7 heteroatoms. The number of benzene rings is 3. The van der Waals surface area contributed by atoms with E-state index in [0.717, 1.165) is 22.3 Å². The SMILES string of the molecule is CC(C)(C)c1cccc(C(C)(C)C)c1C(OC(N)=O)S(=O)(=O)NC(c1ccccc1)c1ccccc1. The van der Waals surface area contributed by atoms with Crippen molar-refractivity contribution in [1.29, 1.82) is 0 Å². The minimum Gasteiger partial charge on any atom is -0.423 e. The standard InChI is InChI=1S/C29H36N2O4S/c1-28(2,3)22-18-13-19-23(29(4,5)6)24(22)26(35-27(30)32)36(33,34)31-25(20-14-9-7-10-15-20)21-16-11-8-12-17-21/h7-19,25-26,31H,1-6H3,(H2,30,32). The number of nitrogens with one attached hydrogen (secondary N) is 1. The average Bonchev–Trinajstić information content (AvgIpc) is 2.80. The van der Waals surface area contributed by atoms with E-state index in [1.54, 1.807) is 0 Å². The van der Waals surface area contributed by atoms with Gasteiger partial charge >= 0.3 is 6.09 Å². The van der Waals surface area contributed by atoms with E-state index in [1.165, 1.54) is 0 Å². The van der Waals surface area contributed by atoms with Crippen molar-refractivity contribution in [3.05, 3.63) is 107 Å². The van der Waals surface area contributed by atoms with E-state index in [0.29, 0.717) is 5.56 Å². The highest BCUT2D eigenvalue weighted by molar-refractivity contribution is 7.89. The maximum absolute atomic E-state index is 14.1. The van der Waals surface area contributed by atoms with Gasteiger partial charge in [-0.25, -0.2) is 13.2 Å². The van der Waals surface area contributed by atoms with E-state index in [2.05, 4.69) is 4.72 Å². The third-order valence-electron chi connectivity index (χ3n) is 6.01. The van der Waals surface area contributed by atoms with Crippen molar-refractivity contribution in [3.8, 4) is 0 Å². The summed E-state index contributed by atoms with van der Waals surface area (Å²) in [7, 11) is -4.30. The van der Waals surface area contributed by atoms with Crippen molar-refractivity contribution in [2.75, 3.05) is 0 Å². The lowest BCUT2D eigenvalue weighted by molar-refractivity contribution is 0.139. The largest absolute Gasteiger partial charge is 0.423 e. The van der Waals surface area contributed by atoms with Crippen molar-refractivity contribution in [2.24, 2.45) is 5.73 Å². The van der Waals surface area contributed by atoms with Gasteiger partial charge in [-0.15, -0.1) is 0 Å². The van der Waals surface area contributed by atoms with Crippen molar-refractivity contribution in [3.63, 3.8) is 0 Å². The molecule has 0 aliphatic heterocycles. The number of hydrogen-bond donors (Lipinski definition) is 2. The molecule has 1 amide bonds. The van der Waals surface area contributed by atoms with E-state index >= 15 is 0 Å². The molecule has 0 saturated heterocycles. The van der Waals surface area contributed by atoms with Crippen molar-refractivity contribution in [1.82, 2.24) is 4.72 Å². The molecule has 3 aromatic rings. The molecule has 192 valence electrons. The van der Waals surface area contributed by atoms with Gasteiger partial charge in [0.25, 0.3) is 10.0 Å². The van der Waals surface area contributed by atoms with E-state index in [4.69, 9.17) is 10.5 Å². The maximum atomic E-state index is 14.1. The summed E-state index contributed by atoms with van der Waals surface area (Å²) >= 11 is 0. The fourth-order valence-corrected chi connectivity index (χ4v) is 5.87. The number of carbonyl (C=O) groups excluding carboxylic acids is 1. The van der Waals surface area contributed by atoms with E-state index in [9.17, 15) is 13.2 Å². The zero-order valence-electron chi connectivity index (χ0n) is 21.8. The average molecular weight is 509 g/mol. The molecular weight excluding hydrogens is 472 g/mol. The Morgan fingerprint density at radius 1 is 0.750 bits per heavy atom. The van der Waals surface area contributed by atoms with Crippen LogP contribution in [-0.2, 0) is 25.6 Å². The maximum Gasteiger partial charge on any atom is 0.406 e. The lowest BCUT2D eigenvalue weighted by Gasteiger charge is -2.33. The Kier molecular flexibility index (Phi) is 7.96. The molecule has 0 radical (unpaired) electrons. The summed E-state index contributed by atoms with van der Waals surface area (Å²) in [5.41, 5.74) is 6.42. The Hall–Kier alpha value is -3.16. The number of amides is 1. The lowest BCUT2D eigenvalue weighted by Crippen LogP contribution is -2.38. The summed E-state index contributed by atoms with van der Waals surface area (Å²) in [6, 6.07) is 23.5. The molecule has 36 heavy (non-hydrogen) atoms. The molecule has 0 fully saturated rings. The third-order valence-corrected chi connectivity index (χ3v) is 7.47. The van der Waals surface area contributed by atoms with Gasteiger partial charge in [-0.1, -0.05) is 120 Å². The second-order valence-electron chi connectivity index (χ2n) is 11.0. The van der Waals surface area contributed by atoms with Crippen molar-refractivity contribution in [2.45, 2.75) is 63.9 Å². The predicted octanol–water partition coefficient (Wildman–Crippen LogP) is 6.08. The van der Waals surface area contributed by atoms with E-state index in [1.807, 2.05) is 120 Å². The van der Waals surface area contributed by atoms with Crippen LogP contribution in [0.3, 0.4) is 0 Å². The molecule has 1 unspecified atom stereocenters.